The van der Waals surface area contributed by atoms with E-state index in [1.165, 1.54) is 0 Å². The molecule has 0 spiro atoms. The SMILES string of the molecule is FC(F)(F)C(F)(F)COCC1(CS)CCOCC1. The monoisotopic (exact) mass is 294 g/mol. The molecular formula is C10H15F5O2S. The Balaban J connectivity index is 2.45. The van der Waals surface area contributed by atoms with Gasteiger partial charge in [-0.25, -0.2) is 0 Å². The van der Waals surface area contributed by atoms with Crippen molar-refractivity contribution in [3.8, 4) is 0 Å². The summed E-state index contributed by atoms with van der Waals surface area (Å²) in [6.07, 6.45) is -4.47. The molecule has 0 amide bonds. The van der Waals surface area contributed by atoms with Crippen molar-refractivity contribution in [1.29, 1.82) is 0 Å². The molecule has 1 heterocycles. The molecule has 0 aliphatic carbocycles. The Kier molecular flexibility index (Phi) is 5.25. The van der Waals surface area contributed by atoms with Crippen LogP contribution in [0.3, 0.4) is 0 Å². The molecule has 1 aliphatic heterocycles. The number of ether oxygens (including phenoxy) is 2. The lowest BCUT2D eigenvalue weighted by Gasteiger charge is -2.36. The zero-order valence-corrected chi connectivity index (χ0v) is 10.5. The molecule has 0 unspecified atom stereocenters. The second kappa shape index (κ2) is 5.92. The summed E-state index contributed by atoms with van der Waals surface area (Å²) in [5, 5.41) is 0. The second-order valence-electron chi connectivity index (χ2n) is 4.47. The maximum atomic E-state index is 12.6. The van der Waals surface area contributed by atoms with Gasteiger partial charge in [0.2, 0.25) is 0 Å². The van der Waals surface area contributed by atoms with E-state index < -0.39 is 24.1 Å². The first-order valence-electron chi connectivity index (χ1n) is 5.43. The van der Waals surface area contributed by atoms with Crippen LogP contribution in [-0.4, -0.2) is 44.3 Å². The van der Waals surface area contributed by atoms with Gasteiger partial charge >= 0.3 is 12.1 Å². The number of alkyl halides is 5. The van der Waals surface area contributed by atoms with Crippen molar-refractivity contribution in [3.05, 3.63) is 0 Å². The van der Waals surface area contributed by atoms with E-state index in [0.29, 0.717) is 31.8 Å². The van der Waals surface area contributed by atoms with Crippen molar-refractivity contribution in [3.63, 3.8) is 0 Å². The molecule has 0 atom stereocenters. The van der Waals surface area contributed by atoms with Gasteiger partial charge in [-0.3, -0.25) is 0 Å². The third kappa shape index (κ3) is 3.96. The lowest BCUT2D eigenvalue weighted by atomic mass is 9.83. The molecule has 18 heavy (non-hydrogen) atoms. The van der Waals surface area contributed by atoms with Gasteiger partial charge in [-0.2, -0.15) is 34.6 Å². The Morgan fingerprint density at radius 3 is 2.11 bits per heavy atom. The predicted molar refractivity (Wildman–Crippen MR) is 58.2 cm³/mol. The Morgan fingerprint density at radius 1 is 1.11 bits per heavy atom. The van der Waals surface area contributed by atoms with E-state index in [9.17, 15) is 22.0 Å². The van der Waals surface area contributed by atoms with Crippen molar-refractivity contribution in [2.45, 2.75) is 24.9 Å². The minimum absolute atomic E-state index is 0.161. The summed E-state index contributed by atoms with van der Waals surface area (Å²) in [5.74, 6) is -4.44. The minimum Gasteiger partial charge on any atom is -0.381 e. The fraction of sp³-hybridized carbons (Fsp3) is 1.00. The van der Waals surface area contributed by atoms with Crippen LogP contribution in [0.25, 0.3) is 0 Å². The van der Waals surface area contributed by atoms with Gasteiger partial charge in [-0.15, -0.1) is 0 Å². The molecule has 0 radical (unpaired) electrons. The lowest BCUT2D eigenvalue weighted by molar-refractivity contribution is -0.298. The second-order valence-corrected chi connectivity index (χ2v) is 4.78. The van der Waals surface area contributed by atoms with E-state index in [1.807, 2.05) is 0 Å². The standard InChI is InChI=1S/C10H15F5O2S/c11-9(12,10(13,14)15)6-17-5-8(7-18)1-3-16-4-2-8/h18H,1-7H2. The van der Waals surface area contributed by atoms with Gasteiger partial charge in [-0.05, 0) is 18.6 Å². The maximum Gasteiger partial charge on any atom is 0.455 e. The average molecular weight is 294 g/mol. The van der Waals surface area contributed by atoms with Gasteiger partial charge in [0.15, 0.2) is 0 Å². The smallest absolute Gasteiger partial charge is 0.381 e. The number of halogens is 5. The molecule has 0 aromatic heterocycles. The van der Waals surface area contributed by atoms with E-state index in [1.54, 1.807) is 0 Å². The fourth-order valence-corrected chi connectivity index (χ4v) is 2.04. The highest BCUT2D eigenvalue weighted by atomic mass is 32.1. The van der Waals surface area contributed by atoms with Gasteiger partial charge in [0, 0.05) is 18.6 Å². The van der Waals surface area contributed by atoms with Crippen molar-refractivity contribution in [1.82, 2.24) is 0 Å². The molecule has 2 nitrogen and oxygen atoms in total. The molecule has 1 fully saturated rings. The third-order valence-electron chi connectivity index (χ3n) is 3.00. The first kappa shape index (κ1) is 16.0. The molecule has 1 saturated heterocycles. The van der Waals surface area contributed by atoms with Crippen LogP contribution in [-0.2, 0) is 9.47 Å². The molecule has 0 N–H and O–H groups in total. The van der Waals surface area contributed by atoms with Crippen LogP contribution in [0.15, 0.2) is 0 Å². The maximum absolute atomic E-state index is 12.6. The Hall–Kier alpha value is -0.0800. The molecule has 0 aromatic rings. The van der Waals surface area contributed by atoms with E-state index in [0.717, 1.165) is 0 Å². The minimum atomic E-state index is -5.57. The average Bonchev–Trinajstić information content (AvgIpc) is 2.28. The van der Waals surface area contributed by atoms with Crippen LogP contribution < -0.4 is 0 Å². The van der Waals surface area contributed by atoms with E-state index >= 15 is 0 Å². The normalized spacial score (nSPS) is 21.0. The first-order valence-corrected chi connectivity index (χ1v) is 6.07. The molecule has 1 rings (SSSR count). The molecule has 0 bridgehead atoms. The van der Waals surface area contributed by atoms with Crippen LogP contribution in [0.5, 0.6) is 0 Å². The van der Waals surface area contributed by atoms with Crippen molar-refractivity contribution in [2.75, 3.05) is 32.2 Å². The highest BCUT2D eigenvalue weighted by molar-refractivity contribution is 7.80. The predicted octanol–water partition coefficient (Wildman–Crippen LogP) is 2.93. The first-order chi connectivity index (χ1) is 8.22. The van der Waals surface area contributed by atoms with Crippen LogP contribution in [0.1, 0.15) is 12.8 Å². The van der Waals surface area contributed by atoms with Crippen LogP contribution in [0.2, 0.25) is 0 Å². The Morgan fingerprint density at radius 2 is 1.67 bits per heavy atom. The fourth-order valence-electron chi connectivity index (χ4n) is 1.63. The van der Waals surface area contributed by atoms with Gasteiger partial charge in [-0.1, -0.05) is 0 Å². The summed E-state index contributed by atoms with van der Waals surface area (Å²) in [5.41, 5.74) is -0.469. The number of thiol groups is 1. The van der Waals surface area contributed by atoms with E-state index in [-0.39, 0.29) is 6.61 Å². The highest BCUT2D eigenvalue weighted by Crippen LogP contribution is 2.37. The summed E-state index contributed by atoms with van der Waals surface area (Å²) in [4.78, 5) is 0. The van der Waals surface area contributed by atoms with Crippen molar-refractivity contribution < 1.29 is 31.4 Å². The van der Waals surface area contributed by atoms with Crippen LogP contribution in [0.4, 0.5) is 22.0 Å². The highest BCUT2D eigenvalue weighted by Gasteiger charge is 2.57. The molecule has 8 heteroatoms. The number of rotatable bonds is 5. The van der Waals surface area contributed by atoms with Gasteiger partial charge < -0.3 is 9.47 Å². The topological polar surface area (TPSA) is 18.5 Å². The Bertz CT molecular complexity index is 263. The summed E-state index contributed by atoms with van der Waals surface area (Å²) in [6.45, 7) is -0.919. The van der Waals surface area contributed by atoms with Crippen LogP contribution >= 0.6 is 12.6 Å². The van der Waals surface area contributed by atoms with Crippen molar-refractivity contribution in [2.24, 2.45) is 5.41 Å². The zero-order chi connectivity index (χ0) is 13.9. The van der Waals surface area contributed by atoms with Crippen molar-refractivity contribution >= 4 is 12.6 Å². The summed E-state index contributed by atoms with van der Waals surface area (Å²) in [7, 11) is 0. The quantitative estimate of drug-likeness (QED) is 0.621. The molecule has 0 aromatic carbocycles. The third-order valence-corrected chi connectivity index (χ3v) is 3.67. The largest absolute Gasteiger partial charge is 0.455 e. The lowest BCUT2D eigenvalue weighted by Crippen LogP contribution is -2.43. The molecule has 0 saturated carbocycles. The summed E-state index contributed by atoms with van der Waals surface area (Å²) >= 11 is 4.11. The van der Waals surface area contributed by atoms with E-state index in [4.69, 9.17) is 4.74 Å². The zero-order valence-electron chi connectivity index (χ0n) is 9.60. The molecule has 108 valence electrons. The van der Waals surface area contributed by atoms with Gasteiger partial charge in [0.1, 0.15) is 6.61 Å². The van der Waals surface area contributed by atoms with Gasteiger partial charge in [0.05, 0.1) is 6.61 Å². The molecular weight excluding hydrogens is 279 g/mol. The number of hydrogen-bond acceptors (Lipinski definition) is 3. The van der Waals surface area contributed by atoms with Gasteiger partial charge in [0.25, 0.3) is 0 Å². The number of hydrogen-bond donors (Lipinski definition) is 1. The van der Waals surface area contributed by atoms with Crippen LogP contribution in [0, 0.1) is 5.41 Å². The van der Waals surface area contributed by atoms with E-state index in [2.05, 4.69) is 17.4 Å². The molecule has 1 aliphatic rings. The summed E-state index contributed by atoms with van der Waals surface area (Å²) < 4.78 is 70.7. The Labute approximate surface area is 107 Å². The summed E-state index contributed by atoms with van der Waals surface area (Å²) in [6, 6.07) is 0.